The maximum absolute atomic E-state index is 13.4. The highest BCUT2D eigenvalue weighted by molar-refractivity contribution is 7.14. The molecule has 35 heavy (non-hydrogen) atoms. The average Bonchev–Trinajstić information content (AvgIpc) is 3.42. The zero-order valence-electron chi connectivity index (χ0n) is 19.7. The number of nitrogens with one attached hydrogen (secondary N) is 2. The third-order valence-corrected chi connectivity index (χ3v) is 8.16. The van der Waals surface area contributed by atoms with Crippen molar-refractivity contribution in [2.45, 2.75) is 89.1 Å². The van der Waals surface area contributed by atoms with Crippen LogP contribution >= 0.6 is 11.3 Å². The number of anilines is 1. The molecule has 1 aliphatic heterocycles. The van der Waals surface area contributed by atoms with Crippen LogP contribution in [0.5, 0.6) is 0 Å². The number of aromatic nitrogens is 1. The lowest BCUT2D eigenvalue weighted by Crippen LogP contribution is -2.49. The molecule has 190 valence electrons. The Labute approximate surface area is 207 Å². The Kier molecular flexibility index (Phi) is 8.15. The van der Waals surface area contributed by atoms with Crippen LogP contribution in [0.3, 0.4) is 0 Å². The van der Waals surface area contributed by atoms with E-state index in [1.165, 1.54) is 11.8 Å². The highest BCUT2D eigenvalue weighted by Crippen LogP contribution is 2.32. The second-order valence-corrected chi connectivity index (χ2v) is 10.7. The number of aliphatic carboxylic acids is 1. The van der Waals surface area contributed by atoms with Crippen LogP contribution in [0.15, 0.2) is 5.38 Å². The van der Waals surface area contributed by atoms with Crippen LogP contribution in [-0.2, 0) is 14.4 Å². The first-order valence-corrected chi connectivity index (χ1v) is 13.4. The van der Waals surface area contributed by atoms with E-state index < -0.39 is 35.8 Å². The minimum Gasteiger partial charge on any atom is -0.475 e. The number of ketones is 1. The lowest BCUT2D eigenvalue weighted by molar-refractivity contribution is -0.134. The number of carboxylic acids is 1. The molecular formula is C24H32N4O6S. The molecule has 4 amide bonds. The maximum atomic E-state index is 13.4. The van der Waals surface area contributed by atoms with Gasteiger partial charge < -0.3 is 15.7 Å². The number of carbonyl (C=O) groups is 5. The molecule has 0 aromatic carbocycles. The molecule has 2 unspecified atom stereocenters. The summed E-state index contributed by atoms with van der Waals surface area (Å²) in [5, 5.41) is 15.6. The molecule has 3 aliphatic rings. The van der Waals surface area contributed by atoms with Gasteiger partial charge in [0.25, 0.3) is 11.7 Å². The van der Waals surface area contributed by atoms with E-state index in [0.29, 0.717) is 18.8 Å². The monoisotopic (exact) mass is 504 g/mol. The molecule has 0 spiro atoms. The molecule has 3 fully saturated rings. The summed E-state index contributed by atoms with van der Waals surface area (Å²) in [6.45, 7) is 0. The van der Waals surface area contributed by atoms with E-state index in [1.54, 1.807) is 0 Å². The van der Waals surface area contributed by atoms with Crippen molar-refractivity contribution in [1.29, 1.82) is 0 Å². The lowest BCUT2D eigenvalue weighted by Gasteiger charge is -2.30. The summed E-state index contributed by atoms with van der Waals surface area (Å²) in [4.78, 5) is 67.2. The van der Waals surface area contributed by atoms with Gasteiger partial charge in [-0.3, -0.25) is 14.4 Å². The van der Waals surface area contributed by atoms with Gasteiger partial charge in [-0.05, 0) is 24.7 Å². The number of carboxylic acid groups (broad SMARTS) is 1. The first kappa shape index (κ1) is 25.3. The molecule has 2 saturated carbocycles. The summed E-state index contributed by atoms with van der Waals surface area (Å²) in [6, 6.07) is -2.16. The van der Waals surface area contributed by atoms with Crippen molar-refractivity contribution >= 4 is 46.1 Å². The average molecular weight is 505 g/mol. The van der Waals surface area contributed by atoms with E-state index in [9.17, 15) is 24.0 Å². The van der Waals surface area contributed by atoms with Gasteiger partial charge in [0.15, 0.2) is 5.13 Å². The molecule has 1 aromatic rings. The lowest BCUT2D eigenvalue weighted by atomic mass is 9.83. The molecular weight excluding hydrogens is 472 g/mol. The molecule has 1 saturated heterocycles. The number of nitrogens with zero attached hydrogens (tertiary/aromatic N) is 2. The second kappa shape index (κ2) is 11.3. The van der Waals surface area contributed by atoms with Gasteiger partial charge in [0.2, 0.25) is 5.91 Å². The summed E-state index contributed by atoms with van der Waals surface area (Å²) in [5.74, 6) is -3.10. The van der Waals surface area contributed by atoms with Crippen LogP contribution in [0.2, 0.25) is 0 Å². The van der Waals surface area contributed by atoms with E-state index in [0.717, 1.165) is 74.0 Å². The first-order valence-electron chi connectivity index (χ1n) is 12.5. The van der Waals surface area contributed by atoms with E-state index in [1.807, 2.05) is 0 Å². The van der Waals surface area contributed by atoms with Gasteiger partial charge in [-0.1, -0.05) is 64.2 Å². The van der Waals surface area contributed by atoms with Crippen molar-refractivity contribution in [3.05, 3.63) is 11.1 Å². The molecule has 4 rings (SSSR count). The number of carbonyl (C=O) groups excluding carboxylic acids is 4. The zero-order valence-corrected chi connectivity index (χ0v) is 20.5. The number of imide groups is 1. The van der Waals surface area contributed by atoms with E-state index in [4.69, 9.17) is 5.11 Å². The Balaban J connectivity index is 1.50. The minimum absolute atomic E-state index is 0.0547. The molecule has 2 aliphatic carbocycles. The predicted octanol–water partition coefficient (Wildman–Crippen LogP) is 3.58. The molecule has 0 radical (unpaired) electrons. The highest BCUT2D eigenvalue weighted by Gasteiger charge is 2.46. The minimum atomic E-state index is -1.63. The van der Waals surface area contributed by atoms with Crippen molar-refractivity contribution in [2.75, 3.05) is 5.32 Å². The van der Waals surface area contributed by atoms with Crippen LogP contribution in [0, 0.1) is 11.8 Å². The number of Topliss-reactive ketones (excluding diaryl/α,β-unsaturated/α-hetero) is 1. The third-order valence-electron chi connectivity index (χ3n) is 7.40. The van der Waals surface area contributed by atoms with Gasteiger partial charge in [-0.15, -0.1) is 11.3 Å². The van der Waals surface area contributed by atoms with Gasteiger partial charge in [0, 0.05) is 5.38 Å². The maximum Gasteiger partial charge on any atom is 0.378 e. The first-order chi connectivity index (χ1) is 16.8. The van der Waals surface area contributed by atoms with Crippen molar-refractivity contribution in [3.63, 3.8) is 0 Å². The number of amides is 4. The van der Waals surface area contributed by atoms with Crippen molar-refractivity contribution < 1.29 is 29.1 Å². The van der Waals surface area contributed by atoms with Gasteiger partial charge in [0.05, 0.1) is 0 Å². The Morgan fingerprint density at radius 2 is 1.69 bits per heavy atom. The van der Waals surface area contributed by atoms with Crippen LogP contribution in [0.1, 0.15) is 87.5 Å². The van der Waals surface area contributed by atoms with E-state index in [-0.39, 0.29) is 22.7 Å². The topological polar surface area (TPSA) is 146 Å². The van der Waals surface area contributed by atoms with Crippen LogP contribution in [0.4, 0.5) is 9.93 Å². The summed E-state index contributed by atoms with van der Waals surface area (Å²) in [6.07, 6.45) is 11.6. The fourth-order valence-electron chi connectivity index (χ4n) is 5.56. The summed E-state index contributed by atoms with van der Waals surface area (Å²) in [5.41, 5.74) is -0.274. The van der Waals surface area contributed by atoms with Gasteiger partial charge in [-0.2, -0.15) is 0 Å². The van der Waals surface area contributed by atoms with Gasteiger partial charge >= 0.3 is 12.0 Å². The van der Waals surface area contributed by atoms with Crippen molar-refractivity contribution in [2.24, 2.45) is 11.8 Å². The van der Waals surface area contributed by atoms with E-state index >= 15 is 0 Å². The number of rotatable bonds is 9. The van der Waals surface area contributed by atoms with Crippen LogP contribution < -0.4 is 10.6 Å². The summed E-state index contributed by atoms with van der Waals surface area (Å²) < 4.78 is 0. The molecule has 11 heteroatoms. The Bertz CT molecular complexity index is 982. The molecule has 10 nitrogen and oxygen atoms in total. The fraction of sp³-hybridized carbons (Fsp3) is 0.667. The normalized spacial score (nSPS) is 22.6. The largest absolute Gasteiger partial charge is 0.475 e. The SMILES string of the molecule is O=C(O)C(=O)c1csc(NC(=O)C(CC2CCCCC2)N2C(=O)NC(CC3CCCCC3)C2=O)n1. The van der Waals surface area contributed by atoms with E-state index in [2.05, 4.69) is 15.6 Å². The number of thiazole rings is 1. The standard InChI is InChI=1S/C24H32N4O6S/c29-19(22(32)33)17-13-35-23(25-17)27-20(30)18(12-15-9-5-2-6-10-15)28-21(31)16(26-24(28)34)11-14-7-3-1-4-8-14/h13-16,18H,1-12H2,(H,26,34)(H,32,33)(H,25,27,30). The molecule has 3 N–H and O–H groups in total. The van der Waals surface area contributed by atoms with Crippen molar-refractivity contribution in [1.82, 2.24) is 15.2 Å². The fourth-order valence-corrected chi connectivity index (χ4v) is 6.25. The quantitative estimate of drug-likeness (QED) is 0.265. The molecule has 0 bridgehead atoms. The van der Waals surface area contributed by atoms with Crippen LogP contribution in [0.25, 0.3) is 0 Å². The Morgan fingerprint density at radius 1 is 1.06 bits per heavy atom. The number of hydrogen-bond acceptors (Lipinski definition) is 7. The molecule has 2 heterocycles. The van der Waals surface area contributed by atoms with Crippen LogP contribution in [-0.4, -0.2) is 56.7 Å². The zero-order chi connectivity index (χ0) is 24.9. The van der Waals surface area contributed by atoms with Gasteiger partial charge in [-0.25, -0.2) is 19.5 Å². The Hall–Kier alpha value is -2.82. The molecule has 1 aromatic heterocycles. The number of hydrogen-bond donors (Lipinski definition) is 3. The predicted molar refractivity (Wildman–Crippen MR) is 128 cm³/mol. The highest BCUT2D eigenvalue weighted by atomic mass is 32.1. The summed E-state index contributed by atoms with van der Waals surface area (Å²) >= 11 is 0.924. The smallest absolute Gasteiger partial charge is 0.378 e. The van der Waals surface area contributed by atoms with Gasteiger partial charge in [0.1, 0.15) is 17.8 Å². The molecule has 2 atom stereocenters. The van der Waals surface area contributed by atoms with Crippen molar-refractivity contribution in [3.8, 4) is 0 Å². The number of urea groups is 1. The second-order valence-electron chi connectivity index (χ2n) is 9.87. The summed E-state index contributed by atoms with van der Waals surface area (Å²) in [7, 11) is 0. The Morgan fingerprint density at radius 3 is 2.31 bits per heavy atom. The third kappa shape index (κ3) is 6.06.